The second-order valence-corrected chi connectivity index (χ2v) is 6.41. The van der Waals surface area contributed by atoms with E-state index in [1.54, 1.807) is 0 Å². The molecule has 4 atom stereocenters. The second kappa shape index (κ2) is 4.75. The number of hydrogen-bond acceptors (Lipinski definition) is 4. The number of nitrogens with zero attached hydrogens (tertiary/aromatic N) is 2. The van der Waals surface area contributed by atoms with Crippen molar-refractivity contribution < 1.29 is 4.74 Å². The lowest BCUT2D eigenvalue weighted by Crippen LogP contribution is -2.64. The Morgan fingerprint density at radius 3 is 2.61 bits per heavy atom. The van der Waals surface area contributed by atoms with E-state index in [0.717, 1.165) is 19.6 Å². The molecule has 3 fully saturated rings. The van der Waals surface area contributed by atoms with Crippen molar-refractivity contribution in [2.75, 3.05) is 32.7 Å². The molecule has 4 heteroatoms. The number of ether oxygens (including phenoxy) is 1. The van der Waals surface area contributed by atoms with Crippen molar-refractivity contribution >= 4 is 0 Å². The number of fused-ring (bicyclic) bond motifs is 1. The molecule has 104 valence electrons. The van der Waals surface area contributed by atoms with Crippen LogP contribution in [0.1, 0.15) is 33.1 Å². The van der Waals surface area contributed by atoms with Gasteiger partial charge in [0.25, 0.3) is 0 Å². The first kappa shape index (κ1) is 12.9. The van der Waals surface area contributed by atoms with Gasteiger partial charge >= 0.3 is 0 Å². The van der Waals surface area contributed by atoms with Crippen LogP contribution in [0.5, 0.6) is 0 Å². The topological polar surface area (TPSA) is 41.7 Å². The van der Waals surface area contributed by atoms with Crippen LogP contribution < -0.4 is 5.73 Å². The van der Waals surface area contributed by atoms with Crippen molar-refractivity contribution in [3.05, 3.63) is 0 Å². The Morgan fingerprint density at radius 2 is 1.94 bits per heavy atom. The van der Waals surface area contributed by atoms with Crippen LogP contribution in [0.2, 0.25) is 0 Å². The van der Waals surface area contributed by atoms with Gasteiger partial charge in [0.1, 0.15) is 0 Å². The smallest absolute Gasteiger partial charge is 0.0678 e. The van der Waals surface area contributed by atoms with Crippen LogP contribution in [0.25, 0.3) is 0 Å². The summed E-state index contributed by atoms with van der Waals surface area (Å²) in [4.78, 5) is 5.32. The highest BCUT2D eigenvalue weighted by atomic mass is 16.5. The SMILES string of the molecule is C[C@@H]1CN(C2(CN)CCN3CCCC32)C[C@H](C)O1. The third kappa shape index (κ3) is 1.90. The third-order valence-corrected chi connectivity index (χ3v) is 5.22. The van der Waals surface area contributed by atoms with Gasteiger partial charge in [0.2, 0.25) is 0 Å². The van der Waals surface area contributed by atoms with Gasteiger partial charge in [-0.05, 0) is 39.7 Å². The summed E-state index contributed by atoms with van der Waals surface area (Å²) in [6.45, 7) is 9.79. The zero-order valence-electron chi connectivity index (χ0n) is 11.8. The van der Waals surface area contributed by atoms with E-state index in [4.69, 9.17) is 10.5 Å². The Bertz CT molecular complexity index is 301. The summed E-state index contributed by atoms with van der Waals surface area (Å²) in [5, 5.41) is 0. The molecule has 0 spiro atoms. The fraction of sp³-hybridized carbons (Fsp3) is 1.00. The van der Waals surface area contributed by atoms with Gasteiger partial charge in [-0.1, -0.05) is 0 Å². The minimum absolute atomic E-state index is 0.225. The Morgan fingerprint density at radius 1 is 1.22 bits per heavy atom. The summed E-state index contributed by atoms with van der Waals surface area (Å²) in [6, 6.07) is 0.694. The molecule has 0 aromatic carbocycles. The molecule has 0 saturated carbocycles. The standard InChI is InChI=1S/C14H27N3O/c1-11-8-17(9-12(2)18-11)14(10-15)5-7-16-6-3-4-13(14)16/h11-13H,3-10,15H2,1-2H3/t11-,12+,13?,14?. The summed E-state index contributed by atoms with van der Waals surface area (Å²) in [5.41, 5.74) is 6.46. The van der Waals surface area contributed by atoms with Crippen LogP contribution in [0.15, 0.2) is 0 Å². The van der Waals surface area contributed by atoms with Crippen molar-refractivity contribution in [1.82, 2.24) is 9.80 Å². The molecular formula is C14H27N3O. The van der Waals surface area contributed by atoms with Crippen molar-refractivity contribution in [2.24, 2.45) is 5.73 Å². The Hall–Kier alpha value is -0.160. The van der Waals surface area contributed by atoms with Crippen LogP contribution in [-0.2, 0) is 4.74 Å². The Balaban J connectivity index is 1.82. The van der Waals surface area contributed by atoms with E-state index in [1.807, 2.05) is 0 Å². The number of nitrogens with two attached hydrogens (primary N) is 1. The van der Waals surface area contributed by atoms with Crippen molar-refractivity contribution in [3.63, 3.8) is 0 Å². The number of morpholine rings is 1. The van der Waals surface area contributed by atoms with E-state index >= 15 is 0 Å². The van der Waals surface area contributed by atoms with Crippen LogP contribution in [0, 0.1) is 0 Å². The molecule has 3 aliphatic rings. The molecule has 3 rings (SSSR count). The molecule has 2 unspecified atom stereocenters. The largest absolute Gasteiger partial charge is 0.373 e. The van der Waals surface area contributed by atoms with E-state index < -0.39 is 0 Å². The van der Waals surface area contributed by atoms with Crippen LogP contribution in [0.3, 0.4) is 0 Å². The maximum Gasteiger partial charge on any atom is 0.0678 e. The van der Waals surface area contributed by atoms with E-state index in [2.05, 4.69) is 23.6 Å². The number of rotatable bonds is 2. The third-order valence-electron chi connectivity index (χ3n) is 5.22. The average Bonchev–Trinajstić information content (AvgIpc) is 2.88. The highest BCUT2D eigenvalue weighted by Gasteiger charge is 2.52. The predicted octanol–water partition coefficient (Wildman–Crippen LogP) is 0.661. The van der Waals surface area contributed by atoms with Crippen LogP contribution in [-0.4, -0.2) is 66.3 Å². The van der Waals surface area contributed by atoms with Gasteiger partial charge in [-0.15, -0.1) is 0 Å². The molecule has 18 heavy (non-hydrogen) atoms. The maximum absolute atomic E-state index is 6.24. The van der Waals surface area contributed by atoms with Gasteiger partial charge in [-0.2, -0.15) is 0 Å². The average molecular weight is 253 g/mol. The second-order valence-electron chi connectivity index (χ2n) is 6.41. The van der Waals surface area contributed by atoms with E-state index in [-0.39, 0.29) is 5.54 Å². The lowest BCUT2D eigenvalue weighted by molar-refractivity contribution is -0.105. The lowest BCUT2D eigenvalue weighted by Gasteiger charge is -2.49. The van der Waals surface area contributed by atoms with Crippen molar-refractivity contribution in [3.8, 4) is 0 Å². The van der Waals surface area contributed by atoms with E-state index in [0.29, 0.717) is 18.2 Å². The van der Waals surface area contributed by atoms with Gasteiger partial charge in [0, 0.05) is 32.2 Å². The Kier molecular flexibility index (Phi) is 3.39. The fourth-order valence-electron chi connectivity index (χ4n) is 4.48. The molecular weight excluding hydrogens is 226 g/mol. The van der Waals surface area contributed by atoms with Crippen molar-refractivity contribution in [2.45, 2.75) is 56.9 Å². The van der Waals surface area contributed by atoms with Crippen LogP contribution in [0.4, 0.5) is 0 Å². The first-order valence-electron chi connectivity index (χ1n) is 7.50. The molecule has 4 nitrogen and oxygen atoms in total. The normalized spacial score (nSPS) is 46.5. The van der Waals surface area contributed by atoms with Gasteiger partial charge in [0.05, 0.1) is 17.7 Å². The molecule has 0 aliphatic carbocycles. The predicted molar refractivity (Wildman–Crippen MR) is 72.6 cm³/mol. The van der Waals surface area contributed by atoms with Gasteiger partial charge < -0.3 is 10.5 Å². The molecule has 0 bridgehead atoms. The fourth-order valence-corrected chi connectivity index (χ4v) is 4.48. The molecule has 0 amide bonds. The zero-order valence-corrected chi connectivity index (χ0v) is 11.8. The first-order valence-corrected chi connectivity index (χ1v) is 7.50. The molecule has 3 saturated heterocycles. The molecule has 0 radical (unpaired) electrons. The molecule has 3 aliphatic heterocycles. The van der Waals surface area contributed by atoms with Crippen LogP contribution >= 0.6 is 0 Å². The highest BCUT2D eigenvalue weighted by molar-refractivity contribution is 5.10. The van der Waals surface area contributed by atoms with Gasteiger partial charge in [-0.25, -0.2) is 0 Å². The number of hydrogen-bond donors (Lipinski definition) is 1. The van der Waals surface area contributed by atoms with Crippen molar-refractivity contribution in [1.29, 1.82) is 0 Å². The molecule has 2 N–H and O–H groups in total. The maximum atomic E-state index is 6.24. The zero-order chi connectivity index (χ0) is 12.8. The van der Waals surface area contributed by atoms with Gasteiger partial charge in [-0.3, -0.25) is 9.80 Å². The molecule has 0 aromatic rings. The van der Waals surface area contributed by atoms with E-state index in [1.165, 1.54) is 32.4 Å². The summed E-state index contributed by atoms with van der Waals surface area (Å²) < 4.78 is 5.88. The first-order chi connectivity index (χ1) is 8.65. The summed E-state index contributed by atoms with van der Waals surface area (Å²) in [6.07, 6.45) is 4.60. The highest BCUT2D eigenvalue weighted by Crippen LogP contribution is 2.40. The monoisotopic (exact) mass is 253 g/mol. The summed E-state index contributed by atoms with van der Waals surface area (Å²) in [7, 11) is 0. The summed E-state index contributed by atoms with van der Waals surface area (Å²) in [5.74, 6) is 0. The molecule has 3 heterocycles. The molecule has 0 aromatic heterocycles. The lowest BCUT2D eigenvalue weighted by atomic mass is 9.85. The summed E-state index contributed by atoms with van der Waals surface area (Å²) >= 11 is 0. The van der Waals surface area contributed by atoms with Gasteiger partial charge in [0.15, 0.2) is 0 Å². The quantitative estimate of drug-likeness (QED) is 0.785. The van der Waals surface area contributed by atoms with E-state index in [9.17, 15) is 0 Å². The minimum atomic E-state index is 0.225. The Labute approximate surface area is 110 Å². The minimum Gasteiger partial charge on any atom is -0.373 e.